The van der Waals surface area contributed by atoms with E-state index in [1.165, 1.54) is 30.5 Å². The highest BCUT2D eigenvalue weighted by atomic mass is 35.5. The number of aromatic carboxylic acids is 1. The Labute approximate surface area is 107 Å². The van der Waals surface area contributed by atoms with Gasteiger partial charge in [-0.15, -0.1) is 0 Å². The van der Waals surface area contributed by atoms with E-state index >= 15 is 0 Å². The number of nitrogens with one attached hydrogen (secondary N) is 1. The second kappa shape index (κ2) is 5.01. The average Bonchev–Trinajstić information content (AvgIpc) is 2.35. The normalized spacial score (nSPS) is 10.1. The molecule has 0 aliphatic rings. The number of carboxylic acids is 1. The van der Waals surface area contributed by atoms with Crippen molar-refractivity contribution in [1.82, 2.24) is 4.98 Å². The zero-order valence-corrected chi connectivity index (χ0v) is 9.78. The Morgan fingerprint density at radius 2 is 2.11 bits per heavy atom. The predicted molar refractivity (Wildman–Crippen MR) is 65.9 cm³/mol. The summed E-state index contributed by atoms with van der Waals surface area (Å²) in [6.07, 6.45) is 1.41. The van der Waals surface area contributed by atoms with Crippen molar-refractivity contribution in [3.05, 3.63) is 52.9 Å². The van der Waals surface area contributed by atoms with E-state index in [2.05, 4.69) is 10.3 Å². The van der Waals surface area contributed by atoms with E-state index in [9.17, 15) is 9.18 Å². The molecule has 0 radical (unpaired) electrons. The first-order valence-electron chi connectivity index (χ1n) is 4.99. The van der Waals surface area contributed by atoms with Gasteiger partial charge in [0.15, 0.2) is 5.82 Å². The fourth-order valence-corrected chi connectivity index (χ4v) is 1.58. The van der Waals surface area contributed by atoms with Gasteiger partial charge in [0.1, 0.15) is 11.4 Å². The van der Waals surface area contributed by atoms with Gasteiger partial charge in [0, 0.05) is 6.20 Å². The highest BCUT2D eigenvalue weighted by Gasteiger charge is 2.13. The third-order valence-electron chi connectivity index (χ3n) is 2.24. The molecule has 6 heteroatoms. The lowest BCUT2D eigenvalue weighted by Gasteiger charge is -2.09. The Morgan fingerprint density at radius 1 is 1.33 bits per heavy atom. The van der Waals surface area contributed by atoms with E-state index in [0.717, 1.165) is 0 Å². The van der Waals surface area contributed by atoms with Crippen molar-refractivity contribution in [2.24, 2.45) is 0 Å². The highest BCUT2D eigenvalue weighted by Crippen LogP contribution is 2.25. The first-order chi connectivity index (χ1) is 8.59. The van der Waals surface area contributed by atoms with Crippen LogP contribution in [0.5, 0.6) is 0 Å². The van der Waals surface area contributed by atoms with E-state index in [1.807, 2.05) is 0 Å². The fourth-order valence-electron chi connectivity index (χ4n) is 1.41. The summed E-state index contributed by atoms with van der Waals surface area (Å²) in [5, 5.41) is 11.5. The number of anilines is 2. The second-order valence-corrected chi connectivity index (χ2v) is 3.84. The van der Waals surface area contributed by atoms with Crippen LogP contribution < -0.4 is 5.32 Å². The second-order valence-electron chi connectivity index (χ2n) is 3.43. The minimum Gasteiger partial charge on any atom is -0.478 e. The van der Waals surface area contributed by atoms with Crippen LogP contribution in [-0.2, 0) is 0 Å². The van der Waals surface area contributed by atoms with Crippen molar-refractivity contribution in [2.75, 3.05) is 5.32 Å². The van der Waals surface area contributed by atoms with E-state index in [-0.39, 0.29) is 22.1 Å². The molecule has 0 saturated carbocycles. The minimum atomic E-state index is -1.15. The molecule has 0 atom stereocenters. The Balaban J connectivity index is 2.40. The number of pyridine rings is 1. The van der Waals surface area contributed by atoms with Crippen molar-refractivity contribution in [3.8, 4) is 0 Å². The average molecular weight is 267 g/mol. The van der Waals surface area contributed by atoms with E-state index in [4.69, 9.17) is 16.7 Å². The Hall–Kier alpha value is -2.14. The summed E-state index contributed by atoms with van der Waals surface area (Å²) in [4.78, 5) is 14.8. The largest absolute Gasteiger partial charge is 0.478 e. The molecular weight excluding hydrogens is 259 g/mol. The molecule has 0 aliphatic heterocycles. The molecule has 0 bridgehead atoms. The molecule has 1 heterocycles. The van der Waals surface area contributed by atoms with Gasteiger partial charge in [-0.1, -0.05) is 17.7 Å². The quantitative estimate of drug-likeness (QED) is 0.895. The molecule has 0 saturated heterocycles. The Kier molecular flexibility index (Phi) is 3.43. The van der Waals surface area contributed by atoms with Gasteiger partial charge in [-0.05, 0) is 24.3 Å². The molecule has 2 rings (SSSR count). The summed E-state index contributed by atoms with van der Waals surface area (Å²) in [5.74, 6) is -1.74. The number of aromatic nitrogens is 1. The number of nitrogens with zero attached hydrogens (tertiary/aromatic N) is 1. The molecule has 0 amide bonds. The summed E-state index contributed by atoms with van der Waals surface area (Å²) in [5.41, 5.74) is 0.0283. The lowest BCUT2D eigenvalue weighted by Crippen LogP contribution is -2.05. The van der Waals surface area contributed by atoms with E-state index < -0.39 is 11.8 Å². The monoisotopic (exact) mass is 266 g/mol. The molecule has 92 valence electrons. The van der Waals surface area contributed by atoms with Crippen LogP contribution in [0.2, 0.25) is 5.02 Å². The third-order valence-corrected chi connectivity index (χ3v) is 2.53. The van der Waals surface area contributed by atoms with E-state index in [1.54, 1.807) is 6.07 Å². The summed E-state index contributed by atoms with van der Waals surface area (Å²) >= 11 is 5.63. The minimum absolute atomic E-state index is 0.0446. The first-order valence-corrected chi connectivity index (χ1v) is 5.36. The molecule has 18 heavy (non-hydrogen) atoms. The first kappa shape index (κ1) is 12.3. The van der Waals surface area contributed by atoms with Crippen LogP contribution in [0.1, 0.15) is 10.4 Å². The molecule has 2 N–H and O–H groups in total. The van der Waals surface area contributed by atoms with Gasteiger partial charge in [0.2, 0.25) is 0 Å². The standard InChI is InChI=1S/C12H8ClFN2O2/c13-8-4-1-5-9(10(8)14)16-11-7(12(17)18)3-2-6-15-11/h1-6H,(H,15,16)(H,17,18). The van der Waals surface area contributed by atoms with Crippen LogP contribution in [0.3, 0.4) is 0 Å². The van der Waals surface area contributed by atoms with Crippen molar-refractivity contribution in [1.29, 1.82) is 0 Å². The van der Waals surface area contributed by atoms with Gasteiger partial charge in [-0.3, -0.25) is 0 Å². The van der Waals surface area contributed by atoms with Crippen LogP contribution in [0.25, 0.3) is 0 Å². The van der Waals surface area contributed by atoms with Crippen molar-refractivity contribution in [2.45, 2.75) is 0 Å². The summed E-state index contributed by atoms with van der Waals surface area (Å²) < 4.78 is 13.7. The summed E-state index contributed by atoms with van der Waals surface area (Å²) in [7, 11) is 0. The topological polar surface area (TPSA) is 62.2 Å². The molecule has 4 nitrogen and oxygen atoms in total. The number of hydrogen-bond donors (Lipinski definition) is 2. The van der Waals surface area contributed by atoms with Crippen LogP contribution in [0.15, 0.2) is 36.5 Å². The van der Waals surface area contributed by atoms with Gasteiger partial charge in [-0.2, -0.15) is 0 Å². The zero-order valence-electron chi connectivity index (χ0n) is 9.02. The zero-order chi connectivity index (χ0) is 13.1. The number of hydrogen-bond acceptors (Lipinski definition) is 3. The number of rotatable bonds is 3. The molecule has 2 aromatic rings. The Morgan fingerprint density at radius 3 is 2.83 bits per heavy atom. The van der Waals surface area contributed by atoms with Crippen LogP contribution >= 0.6 is 11.6 Å². The lowest BCUT2D eigenvalue weighted by atomic mass is 10.2. The number of carboxylic acid groups (broad SMARTS) is 1. The van der Waals surface area contributed by atoms with Gasteiger partial charge >= 0.3 is 5.97 Å². The van der Waals surface area contributed by atoms with Crippen LogP contribution in [0, 0.1) is 5.82 Å². The molecule has 0 spiro atoms. The lowest BCUT2D eigenvalue weighted by molar-refractivity contribution is 0.0697. The SMILES string of the molecule is O=C(O)c1cccnc1Nc1cccc(Cl)c1F. The van der Waals surface area contributed by atoms with Crippen LogP contribution in [0.4, 0.5) is 15.9 Å². The third kappa shape index (κ3) is 2.41. The maximum atomic E-state index is 13.7. The molecular formula is C12H8ClFN2O2. The highest BCUT2D eigenvalue weighted by molar-refractivity contribution is 6.31. The maximum Gasteiger partial charge on any atom is 0.339 e. The summed E-state index contributed by atoms with van der Waals surface area (Å²) in [6.45, 7) is 0. The van der Waals surface area contributed by atoms with Crippen molar-refractivity contribution < 1.29 is 14.3 Å². The number of carbonyl (C=O) groups is 1. The van der Waals surface area contributed by atoms with Crippen molar-refractivity contribution in [3.63, 3.8) is 0 Å². The van der Waals surface area contributed by atoms with Gasteiger partial charge < -0.3 is 10.4 Å². The van der Waals surface area contributed by atoms with Crippen molar-refractivity contribution >= 4 is 29.1 Å². The fraction of sp³-hybridized carbons (Fsp3) is 0. The molecule has 1 aromatic carbocycles. The number of halogens is 2. The van der Waals surface area contributed by atoms with E-state index in [0.29, 0.717) is 0 Å². The van der Waals surface area contributed by atoms with Gasteiger partial charge in [0.25, 0.3) is 0 Å². The maximum absolute atomic E-state index is 13.7. The smallest absolute Gasteiger partial charge is 0.339 e. The van der Waals surface area contributed by atoms with Gasteiger partial charge in [-0.25, -0.2) is 14.2 Å². The molecule has 1 aromatic heterocycles. The summed E-state index contributed by atoms with van der Waals surface area (Å²) in [6, 6.07) is 7.26. The molecule has 0 unspecified atom stereocenters. The van der Waals surface area contributed by atoms with Crippen LogP contribution in [-0.4, -0.2) is 16.1 Å². The predicted octanol–water partition coefficient (Wildman–Crippen LogP) is 3.32. The Bertz CT molecular complexity index is 604. The van der Waals surface area contributed by atoms with Gasteiger partial charge in [0.05, 0.1) is 10.7 Å². The molecule has 0 aliphatic carbocycles. The molecule has 0 fully saturated rings. The number of benzene rings is 1.